The third-order valence-electron chi connectivity index (χ3n) is 2.58. The summed E-state index contributed by atoms with van der Waals surface area (Å²) in [6.07, 6.45) is 0. The van der Waals surface area contributed by atoms with E-state index >= 15 is 0 Å². The van der Waals surface area contributed by atoms with Crippen molar-refractivity contribution in [3.63, 3.8) is 0 Å². The molecule has 7 nitrogen and oxygen atoms in total. The summed E-state index contributed by atoms with van der Waals surface area (Å²) in [6, 6.07) is 5.49. The van der Waals surface area contributed by atoms with Crippen LogP contribution in [0.25, 0.3) is 0 Å². The molecule has 0 heterocycles. The summed E-state index contributed by atoms with van der Waals surface area (Å²) in [5, 5.41) is 8.64. The first kappa shape index (κ1) is 16.1. The molecule has 0 aliphatic carbocycles. The van der Waals surface area contributed by atoms with E-state index in [4.69, 9.17) is 5.11 Å². The number of carboxylic acid groups (broad SMARTS) is 1. The molecular formula is C12H16N2O5S. The molecule has 0 aromatic heterocycles. The fourth-order valence-corrected chi connectivity index (χ4v) is 2.44. The van der Waals surface area contributed by atoms with Gasteiger partial charge in [0.15, 0.2) is 0 Å². The molecule has 0 atom stereocenters. The average Bonchev–Trinajstić information content (AvgIpc) is 2.37. The summed E-state index contributed by atoms with van der Waals surface area (Å²) >= 11 is 0. The normalized spacial score (nSPS) is 11.4. The molecule has 1 N–H and O–H groups in total. The molecule has 0 saturated carbocycles. The van der Waals surface area contributed by atoms with Gasteiger partial charge in [0, 0.05) is 26.7 Å². The van der Waals surface area contributed by atoms with E-state index in [1.165, 1.54) is 45.4 Å². The molecule has 110 valence electrons. The first-order valence-corrected chi connectivity index (χ1v) is 7.10. The molecule has 20 heavy (non-hydrogen) atoms. The highest BCUT2D eigenvalue weighted by molar-refractivity contribution is 7.89. The predicted molar refractivity (Wildman–Crippen MR) is 71.9 cm³/mol. The van der Waals surface area contributed by atoms with E-state index in [1.807, 2.05) is 0 Å². The highest BCUT2D eigenvalue weighted by Crippen LogP contribution is 2.15. The monoisotopic (exact) mass is 300 g/mol. The largest absolute Gasteiger partial charge is 0.480 e. The van der Waals surface area contributed by atoms with Crippen molar-refractivity contribution < 1.29 is 23.1 Å². The summed E-state index contributed by atoms with van der Waals surface area (Å²) in [4.78, 5) is 23.5. The van der Waals surface area contributed by atoms with E-state index in [1.54, 1.807) is 0 Å². The van der Waals surface area contributed by atoms with E-state index < -0.39 is 28.4 Å². The number of carboxylic acids is 1. The third kappa shape index (κ3) is 3.55. The van der Waals surface area contributed by atoms with Crippen LogP contribution in [0.2, 0.25) is 0 Å². The van der Waals surface area contributed by atoms with Gasteiger partial charge in [-0.15, -0.1) is 0 Å². The topological polar surface area (TPSA) is 95.0 Å². The second-order valence-corrected chi connectivity index (χ2v) is 6.52. The number of rotatable bonds is 5. The minimum absolute atomic E-state index is 0.0166. The number of sulfonamides is 1. The molecule has 0 aliphatic rings. The Morgan fingerprint density at radius 2 is 1.80 bits per heavy atom. The van der Waals surface area contributed by atoms with Gasteiger partial charge in [0.2, 0.25) is 10.0 Å². The van der Waals surface area contributed by atoms with Crippen LogP contribution < -0.4 is 0 Å². The van der Waals surface area contributed by atoms with Gasteiger partial charge in [0.25, 0.3) is 5.91 Å². The highest BCUT2D eigenvalue weighted by Gasteiger charge is 2.20. The first-order chi connectivity index (χ1) is 9.16. The average molecular weight is 300 g/mol. The zero-order valence-corrected chi connectivity index (χ0v) is 12.2. The lowest BCUT2D eigenvalue weighted by Gasteiger charge is -2.16. The van der Waals surface area contributed by atoms with Crippen LogP contribution >= 0.6 is 0 Å². The molecule has 8 heteroatoms. The quantitative estimate of drug-likeness (QED) is 0.831. The summed E-state index contributed by atoms with van der Waals surface area (Å²) in [5.74, 6) is -1.69. The molecule has 0 fully saturated rings. The lowest BCUT2D eigenvalue weighted by molar-refractivity contribution is -0.137. The number of likely N-dealkylation sites (N-methyl/N-ethyl adjacent to an activating group) is 1. The Morgan fingerprint density at radius 3 is 2.30 bits per heavy atom. The van der Waals surface area contributed by atoms with Crippen LogP contribution in [-0.2, 0) is 14.8 Å². The van der Waals surface area contributed by atoms with Gasteiger partial charge in [-0.05, 0) is 18.2 Å². The smallest absolute Gasteiger partial charge is 0.323 e. The van der Waals surface area contributed by atoms with E-state index in [-0.39, 0.29) is 10.5 Å². The number of aliphatic carboxylic acids is 1. The molecule has 1 aromatic rings. The maximum absolute atomic E-state index is 12.0. The lowest BCUT2D eigenvalue weighted by atomic mass is 10.2. The predicted octanol–water partition coefficient (Wildman–Crippen LogP) is 0.0935. The van der Waals surface area contributed by atoms with Crippen LogP contribution in [0.5, 0.6) is 0 Å². The number of carbonyl (C=O) groups is 2. The molecule has 1 aromatic carbocycles. The van der Waals surface area contributed by atoms with Crippen molar-refractivity contribution >= 4 is 21.9 Å². The fourth-order valence-electron chi connectivity index (χ4n) is 1.50. The minimum atomic E-state index is -3.64. The van der Waals surface area contributed by atoms with E-state index in [9.17, 15) is 18.0 Å². The van der Waals surface area contributed by atoms with Gasteiger partial charge in [-0.2, -0.15) is 0 Å². The van der Waals surface area contributed by atoms with Crippen LogP contribution in [0, 0.1) is 0 Å². The molecule has 0 aliphatic heterocycles. The molecule has 0 saturated heterocycles. The number of carbonyl (C=O) groups excluding carboxylic acids is 1. The fraction of sp³-hybridized carbons (Fsp3) is 0.333. The first-order valence-electron chi connectivity index (χ1n) is 5.66. The van der Waals surface area contributed by atoms with Crippen molar-refractivity contribution in [2.24, 2.45) is 0 Å². The Kier molecular flexibility index (Phi) is 4.85. The second-order valence-electron chi connectivity index (χ2n) is 4.37. The zero-order valence-electron chi connectivity index (χ0n) is 11.4. The number of nitrogens with zero attached hydrogens (tertiary/aromatic N) is 2. The number of hydrogen-bond acceptors (Lipinski definition) is 4. The minimum Gasteiger partial charge on any atom is -0.480 e. The van der Waals surface area contributed by atoms with Crippen LogP contribution in [0.3, 0.4) is 0 Å². The summed E-state index contributed by atoms with van der Waals surface area (Å²) in [6.45, 7) is -0.455. The van der Waals surface area contributed by atoms with E-state index in [0.29, 0.717) is 0 Å². The van der Waals surface area contributed by atoms with Crippen LogP contribution in [0.4, 0.5) is 0 Å². The number of benzene rings is 1. The van der Waals surface area contributed by atoms with Crippen molar-refractivity contribution in [3.05, 3.63) is 29.8 Å². The van der Waals surface area contributed by atoms with Crippen molar-refractivity contribution in [2.45, 2.75) is 4.90 Å². The molecular weight excluding hydrogens is 284 g/mol. The van der Waals surface area contributed by atoms with Gasteiger partial charge in [0.05, 0.1) is 4.90 Å². The van der Waals surface area contributed by atoms with E-state index in [2.05, 4.69) is 0 Å². The number of amides is 1. The van der Waals surface area contributed by atoms with Crippen molar-refractivity contribution in [2.75, 3.05) is 27.7 Å². The lowest BCUT2D eigenvalue weighted by Crippen LogP contribution is -2.32. The van der Waals surface area contributed by atoms with Gasteiger partial charge in [-0.1, -0.05) is 6.07 Å². The Hall–Kier alpha value is -1.93. The Labute approximate surface area is 117 Å². The van der Waals surface area contributed by atoms with Crippen molar-refractivity contribution in [1.29, 1.82) is 0 Å². The standard InChI is InChI=1S/C12H16N2O5S/c1-13(2)20(18,19)10-6-4-5-9(7-10)12(17)14(3)8-11(15)16/h4-7H,8H2,1-3H3,(H,15,16). The maximum atomic E-state index is 12.0. The molecule has 0 bridgehead atoms. The van der Waals surface area contributed by atoms with Gasteiger partial charge in [-0.3, -0.25) is 9.59 Å². The van der Waals surface area contributed by atoms with Gasteiger partial charge < -0.3 is 10.0 Å². The van der Waals surface area contributed by atoms with Gasteiger partial charge in [-0.25, -0.2) is 12.7 Å². The Morgan fingerprint density at radius 1 is 1.20 bits per heavy atom. The second kappa shape index (κ2) is 6.02. The van der Waals surface area contributed by atoms with Crippen molar-refractivity contribution in [3.8, 4) is 0 Å². The van der Waals surface area contributed by atoms with Crippen LogP contribution in [0.15, 0.2) is 29.2 Å². The van der Waals surface area contributed by atoms with Crippen molar-refractivity contribution in [1.82, 2.24) is 9.21 Å². The summed E-state index contributed by atoms with van der Waals surface area (Å²) in [5.41, 5.74) is 0.122. The molecule has 0 radical (unpaired) electrons. The van der Waals surface area contributed by atoms with Gasteiger partial charge >= 0.3 is 5.97 Å². The van der Waals surface area contributed by atoms with E-state index in [0.717, 1.165) is 9.21 Å². The number of hydrogen-bond donors (Lipinski definition) is 1. The van der Waals surface area contributed by atoms with Crippen LogP contribution in [-0.4, -0.2) is 62.3 Å². The molecule has 1 rings (SSSR count). The summed E-state index contributed by atoms with van der Waals surface area (Å²) in [7, 11) is 0.480. The maximum Gasteiger partial charge on any atom is 0.323 e. The third-order valence-corrected chi connectivity index (χ3v) is 4.39. The zero-order chi connectivity index (χ0) is 15.5. The van der Waals surface area contributed by atoms with Gasteiger partial charge in [0.1, 0.15) is 6.54 Å². The van der Waals surface area contributed by atoms with Crippen LogP contribution in [0.1, 0.15) is 10.4 Å². The molecule has 0 unspecified atom stereocenters. The Balaban J connectivity index is 3.11. The molecule has 1 amide bonds. The highest BCUT2D eigenvalue weighted by atomic mass is 32.2. The molecule has 0 spiro atoms. The summed E-state index contributed by atoms with van der Waals surface area (Å²) < 4.78 is 25.0. The SMILES string of the molecule is CN(CC(=O)O)C(=O)c1cccc(S(=O)(=O)N(C)C)c1. The Bertz CT molecular complexity index is 624.